The highest BCUT2D eigenvalue weighted by Crippen LogP contribution is 2.40. The molecule has 3 rings (SSSR count). The Hall–Kier alpha value is -0.860. The Labute approximate surface area is 110 Å². The molecule has 1 aliphatic carbocycles. The zero-order chi connectivity index (χ0) is 12.4. The molecule has 2 unspecified atom stereocenters. The molecule has 0 spiro atoms. The minimum atomic E-state index is 0.559. The van der Waals surface area contributed by atoms with E-state index in [9.17, 15) is 0 Å². The molecule has 1 aliphatic heterocycles. The highest BCUT2D eigenvalue weighted by atomic mass is 16.5. The first-order valence-electron chi connectivity index (χ1n) is 7.21. The number of hydrogen-bond acceptors (Lipinski definition) is 2. The largest absolute Gasteiger partial charge is 0.381 e. The maximum Gasteiger partial charge on any atom is 0.0468 e. The summed E-state index contributed by atoms with van der Waals surface area (Å²) in [5.74, 6) is 1.64. The maximum atomic E-state index is 5.46. The molecule has 18 heavy (non-hydrogen) atoms. The molecule has 1 aromatic rings. The van der Waals surface area contributed by atoms with E-state index in [0.717, 1.165) is 25.0 Å². The first-order chi connectivity index (χ1) is 8.88. The molecule has 2 aliphatic rings. The van der Waals surface area contributed by atoms with Crippen molar-refractivity contribution in [2.75, 3.05) is 20.3 Å². The number of ether oxygens (including phenoxy) is 1. The Balaban J connectivity index is 1.70. The summed E-state index contributed by atoms with van der Waals surface area (Å²) in [6, 6.07) is 9.48. The molecular formula is C16H23NO. The third-order valence-electron chi connectivity index (χ3n) is 4.63. The van der Waals surface area contributed by atoms with Crippen LogP contribution >= 0.6 is 0 Å². The van der Waals surface area contributed by atoms with Crippen molar-refractivity contribution in [2.45, 2.75) is 31.7 Å². The van der Waals surface area contributed by atoms with Gasteiger partial charge in [0.05, 0.1) is 0 Å². The van der Waals surface area contributed by atoms with Crippen molar-refractivity contribution >= 4 is 0 Å². The number of benzene rings is 1. The van der Waals surface area contributed by atoms with Crippen LogP contribution in [0.1, 0.15) is 36.4 Å². The van der Waals surface area contributed by atoms with Crippen molar-refractivity contribution in [1.29, 1.82) is 0 Å². The lowest BCUT2D eigenvalue weighted by Crippen LogP contribution is -2.25. The van der Waals surface area contributed by atoms with Crippen LogP contribution in [0.3, 0.4) is 0 Å². The molecule has 2 heteroatoms. The van der Waals surface area contributed by atoms with E-state index in [-0.39, 0.29) is 0 Å². The van der Waals surface area contributed by atoms with Gasteiger partial charge in [-0.3, -0.25) is 0 Å². The summed E-state index contributed by atoms with van der Waals surface area (Å²) < 4.78 is 5.46. The van der Waals surface area contributed by atoms with Gasteiger partial charge in [0.2, 0.25) is 0 Å². The van der Waals surface area contributed by atoms with E-state index in [2.05, 4.69) is 36.6 Å². The van der Waals surface area contributed by atoms with Crippen molar-refractivity contribution in [1.82, 2.24) is 5.32 Å². The molecule has 1 saturated heterocycles. The van der Waals surface area contributed by atoms with E-state index in [0.29, 0.717) is 6.04 Å². The first-order valence-corrected chi connectivity index (χ1v) is 7.21. The van der Waals surface area contributed by atoms with Crippen LogP contribution in [0.5, 0.6) is 0 Å². The van der Waals surface area contributed by atoms with Gasteiger partial charge in [0.15, 0.2) is 0 Å². The molecule has 1 heterocycles. The average molecular weight is 245 g/mol. The Morgan fingerprint density at radius 2 is 2.00 bits per heavy atom. The quantitative estimate of drug-likeness (QED) is 0.884. The molecule has 2 nitrogen and oxygen atoms in total. The van der Waals surface area contributed by atoms with Crippen molar-refractivity contribution in [3.8, 4) is 0 Å². The zero-order valence-corrected chi connectivity index (χ0v) is 11.2. The fraction of sp³-hybridized carbons (Fsp3) is 0.625. The van der Waals surface area contributed by atoms with Gasteiger partial charge < -0.3 is 10.1 Å². The highest BCUT2D eigenvalue weighted by Gasteiger charge is 2.32. The Morgan fingerprint density at radius 3 is 2.78 bits per heavy atom. The minimum absolute atomic E-state index is 0.559. The van der Waals surface area contributed by atoms with Gasteiger partial charge in [0.25, 0.3) is 0 Å². The molecule has 0 aromatic heterocycles. The molecule has 1 aromatic carbocycles. The fourth-order valence-electron chi connectivity index (χ4n) is 3.70. The van der Waals surface area contributed by atoms with Crippen LogP contribution in [0.4, 0.5) is 0 Å². The van der Waals surface area contributed by atoms with Crippen LogP contribution < -0.4 is 5.32 Å². The summed E-state index contributed by atoms with van der Waals surface area (Å²) in [7, 11) is 2.10. The van der Waals surface area contributed by atoms with Crippen molar-refractivity contribution in [3.05, 3.63) is 35.4 Å². The Kier molecular flexibility index (Phi) is 3.67. The third-order valence-corrected chi connectivity index (χ3v) is 4.63. The van der Waals surface area contributed by atoms with E-state index in [1.54, 1.807) is 5.56 Å². The molecule has 2 atom stereocenters. The summed E-state index contributed by atoms with van der Waals surface area (Å²) in [6.45, 7) is 1.93. The summed E-state index contributed by atoms with van der Waals surface area (Å²) in [5.41, 5.74) is 3.07. The normalized spacial score (nSPS) is 28.3. The van der Waals surface area contributed by atoms with Gasteiger partial charge >= 0.3 is 0 Å². The van der Waals surface area contributed by atoms with Gasteiger partial charge in [-0.1, -0.05) is 24.3 Å². The highest BCUT2D eigenvalue weighted by molar-refractivity contribution is 5.35. The topological polar surface area (TPSA) is 21.3 Å². The van der Waals surface area contributed by atoms with Gasteiger partial charge in [0, 0.05) is 19.3 Å². The third kappa shape index (κ3) is 2.32. The summed E-state index contributed by atoms with van der Waals surface area (Å²) in [6.07, 6.45) is 5.11. The van der Waals surface area contributed by atoms with Gasteiger partial charge in [-0.15, -0.1) is 0 Å². The molecule has 0 radical (unpaired) electrons. The second-order valence-corrected chi connectivity index (χ2v) is 5.72. The van der Waals surface area contributed by atoms with Crippen molar-refractivity contribution in [3.63, 3.8) is 0 Å². The van der Waals surface area contributed by atoms with Gasteiger partial charge in [-0.25, -0.2) is 0 Å². The van der Waals surface area contributed by atoms with Crippen LogP contribution in [0, 0.1) is 11.8 Å². The number of fused-ring (bicyclic) bond motifs is 1. The molecule has 0 saturated carbocycles. The van der Waals surface area contributed by atoms with Crippen molar-refractivity contribution in [2.24, 2.45) is 11.8 Å². The van der Waals surface area contributed by atoms with E-state index in [1.165, 1.54) is 31.2 Å². The lowest BCUT2D eigenvalue weighted by Gasteiger charge is -2.28. The predicted molar refractivity (Wildman–Crippen MR) is 73.6 cm³/mol. The van der Waals surface area contributed by atoms with E-state index in [4.69, 9.17) is 4.74 Å². The second kappa shape index (κ2) is 5.41. The molecule has 1 fully saturated rings. The monoisotopic (exact) mass is 245 g/mol. The lowest BCUT2D eigenvalue weighted by atomic mass is 9.85. The van der Waals surface area contributed by atoms with E-state index < -0.39 is 0 Å². The van der Waals surface area contributed by atoms with E-state index >= 15 is 0 Å². The molecule has 1 N–H and O–H groups in total. The van der Waals surface area contributed by atoms with Crippen molar-refractivity contribution < 1.29 is 4.74 Å². The van der Waals surface area contributed by atoms with Crippen LogP contribution in [-0.2, 0) is 11.2 Å². The lowest BCUT2D eigenvalue weighted by molar-refractivity contribution is 0.0571. The predicted octanol–water partition coefficient (Wildman–Crippen LogP) is 2.94. The van der Waals surface area contributed by atoms with Gasteiger partial charge in [0.1, 0.15) is 0 Å². The summed E-state index contributed by atoms with van der Waals surface area (Å²) in [5, 5.41) is 3.53. The summed E-state index contributed by atoms with van der Waals surface area (Å²) in [4.78, 5) is 0. The maximum absolute atomic E-state index is 5.46. The Morgan fingerprint density at radius 1 is 1.22 bits per heavy atom. The average Bonchev–Trinajstić information content (AvgIpc) is 2.77. The van der Waals surface area contributed by atoms with Crippen LogP contribution in [0.2, 0.25) is 0 Å². The zero-order valence-electron chi connectivity index (χ0n) is 11.2. The first kappa shape index (κ1) is 12.2. The fourth-order valence-corrected chi connectivity index (χ4v) is 3.70. The Bertz CT molecular complexity index is 398. The standard InChI is InChI=1S/C16H23NO/c1-17-16-14(10-12-6-8-18-9-7-12)11-13-4-2-3-5-15(13)16/h2-5,12,14,16-17H,6-11H2,1H3. The molecular weight excluding hydrogens is 222 g/mol. The smallest absolute Gasteiger partial charge is 0.0468 e. The molecule has 0 bridgehead atoms. The van der Waals surface area contributed by atoms with Crippen LogP contribution in [0.15, 0.2) is 24.3 Å². The SMILES string of the molecule is CNC1c2ccccc2CC1CC1CCOCC1. The molecule has 98 valence electrons. The van der Waals surface area contributed by atoms with Gasteiger partial charge in [-0.05, 0) is 55.7 Å². The van der Waals surface area contributed by atoms with Crippen LogP contribution in [-0.4, -0.2) is 20.3 Å². The summed E-state index contributed by atoms with van der Waals surface area (Å²) >= 11 is 0. The minimum Gasteiger partial charge on any atom is -0.381 e. The van der Waals surface area contributed by atoms with E-state index in [1.807, 2.05) is 0 Å². The van der Waals surface area contributed by atoms with Gasteiger partial charge in [-0.2, -0.15) is 0 Å². The number of hydrogen-bond donors (Lipinski definition) is 1. The second-order valence-electron chi connectivity index (χ2n) is 5.72. The number of nitrogens with one attached hydrogen (secondary N) is 1. The molecule has 0 amide bonds. The number of rotatable bonds is 3. The van der Waals surface area contributed by atoms with Crippen LogP contribution in [0.25, 0.3) is 0 Å².